The van der Waals surface area contributed by atoms with Gasteiger partial charge in [0.25, 0.3) is 0 Å². The summed E-state index contributed by atoms with van der Waals surface area (Å²) < 4.78 is 11.4. The number of halogens is 1. The lowest BCUT2D eigenvalue weighted by atomic mass is 9.96. The molecular formula is C15H21ClN4O2. The maximum atomic E-state index is 5.98. The molecule has 1 aromatic heterocycles. The van der Waals surface area contributed by atoms with Crippen LogP contribution in [0.3, 0.4) is 0 Å². The molecule has 0 saturated carbocycles. The van der Waals surface area contributed by atoms with Crippen LogP contribution in [0, 0.1) is 0 Å². The molecule has 0 radical (unpaired) electrons. The Kier molecular flexibility index (Phi) is 5.00. The first-order valence-electron chi connectivity index (χ1n) is 7.62. The molecule has 2 bridgehead atoms. The standard InChI is InChI=1S/C15H21ClN4O2/c1-17-15(20-12-9-10-4-5-13(12)22-10)19-7-8-21-14-11(16)3-2-6-18-14/h2-3,6,10,12-13H,4-5,7-9H2,1H3,(H2,17,19,20). The molecule has 120 valence electrons. The molecule has 1 aromatic rings. The molecule has 0 aromatic carbocycles. The Morgan fingerprint density at radius 3 is 3.14 bits per heavy atom. The van der Waals surface area contributed by atoms with E-state index in [2.05, 4.69) is 20.6 Å². The Hall–Kier alpha value is -1.53. The van der Waals surface area contributed by atoms with Gasteiger partial charge < -0.3 is 20.1 Å². The largest absolute Gasteiger partial charge is 0.475 e. The van der Waals surface area contributed by atoms with Crippen molar-refractivity contribution in [1.82, 2.24) is 15.6 Å². The molecule has 22 heavy (non-hydrogen) atoms. The normalized spacial score (nSPS) is 27.0. The van der Waals surface area contributed by atoms with Crippen molar-refractivity contribution in [3.05, 3.63) is 23.4 Å². The van der Waals surface area contributed by atoms with Crippen molar-refractivity contribution in [2.75, 3.05) is 20.2 Å². The topological polar surface area (TPSA) is 67.8 Å². The quantitative estimate of drug-likeness (QED) is 0.489. The van der Waals surface area contributed by atoms with Crippen molar-refractivity contribution >= 4 is 17.6 Å². The summed E-state index contributed by atoms with van der Waals surface area (Å²) in [5.74, 6) is 1.23. The molecule has 2 aliphatic rings. The highest BCUT2D eigenvalue weighted by molar-refractivity contribution is 6.31. The highest BCUT2D eigenvalue weighted by Crippen LogP contribution is 2.34. The Balaban J connectivity index is 1.39. The van der Waals surface area contributed by atoms with Crippen LogP contribution >= 0.6 is 11.6 Å². The minimum absolute atomic E-state index is 0.326. The summed E-state index contributed by atoms with van der Waals surface area (Å²) in [4.78, 5) is 8.32. The molecule has 7 heteroatoms. The molecule has 0 spiro atoms. The molecule has 3 unspecified atom stereocenters. The van der Waals surface area contributed by atoms with E-state index in [9.17, 15) is 0 Å². The summed E-state index contributed by atoms with van der Waals surface area (Å²) in [5, 5.41) is 7.17. The molecule has 3 heterocycles. The van der Waals surface area contributed by atoms with Crippen LogP contribution < -0.4 is 15.4 Å². The fourth-order valence-electron chi connectivity index (χ4n) is 2.95. The van der Waals surface area contributed by atoms with E-state index in [0.717, 1.165) is 18.8 Å². The lowest BCUT2D eigenvalue weighted by molar-refractivity contribution is 0.0992. The van der Waals surface area contributed by atoms with Gasteiger partial charge in [0.2, 0.25) is 5.88 Å². The molecule has 2 saturated heterocycles. The minimum atomic E-state index is 0.326. The van der Waals surface area contributed by atoms with Crippen LogP contribution in [0.1, 0.15) is 19.3 Å². The summed E-state index contributed by atoms with van der Waals surface area (Å²) in [5.41, 5.74) is 0. The van der Waals surface area contributed by atoms with Crippen LogP contribution in [-0.4, -0.2) is 49.4 Å². The van der Waals surface area contributed by atoms with Gasteiger partial charge in [-0.25, -0.2) is 4.98 Å². The second-order valence-corrected chi connectivity index (χ2v) is 5.91. The molecule has 2 aliphatic heterocycles. The highest BCUT2D eigenvalue weighted by Gasteiger charge is 2.41. The van der Waals surface area contributed by atoms with Crippen molar-refractivity contribution < 1.29 is 9.47 Å². The minimum Gasteiger partial charge on any atom is -0.475 e. The van der Waals surface area contributed by atoms with Crippen molar-refractivity contribution in [2.45, 2.75) is 37.5 Å². The van der Waals surface area contributed by atoms with E-state index in [-0.39, 0.29) is 0 Å². The van der Waals surface area contributed by atoms with E-state index in [1.807, 2.05) is 0 Å². The number of nitrogens with one attached hydrogen (secondary N) is 2. The molecule has 3 atom stereocenters. The zero-order valence-corrected chi connectivity index (χ0v) is 13.3. The summed E-state index contributed by atoms with van der Waals surface area (Å²) >= 11 is 5.98. The Morgan fingerprint density at radius 2 is 2.45 bits per heavy atom. The lowest BCUT2D eigenvalue weighted by Gasteiger charge is -2.22. The number of fused-ring (bicyclic) bond motifs is 2. The van der Waals surface area contributed by atoms with Gasteiger partial charge >= 0.3 is 0 Å². The van der Waals surface area contributed by atoms with E-state index in [1.54, 1.807) is 25.4 Å². The maximum Gasteiger partial charge on any atom is 0.232 e. The summed E-state index contributed by atoms with van der Waals surface area (Å²) in [6.45, 7) is 1.08. The van der Waals surface area contributed by atoms with Gasteiger partial charge in [-0.15, -0.1) is 0 Å². The Morgan fingerprint density at radius 1 is 1.55 bits per heavy atom. The molecule has 2 N–H and O–H groups in total. The van der Waals surface area contributed by atoms with E-state index in [0.29, 0.717) is 42.3 Å². The predicted molar refractivity (Wildman–Crippen MR) is 85.5 cm³/mol. The van der Waals surface area contributed by atoms with Crippen molar-refractivity contribution in [2.24, 2.45) is 4.99 Å². The third kappa shape index (κ3) is 3.62. The maximum absolute atomic E-state index is 5.98. The van der Waals surface area contributed by atoms with Gasteiger partial charge in [0, 0.05) is 13.2 Å². The van der Waals surface area contributed by atoms with Crippen molar-refractivity contribution in [3.63, 3.8) is 0 Å². The van der Waals surface area contributed by atoms with Gasteiger partial charge in [-0.2, -0.15) is 0 Å². The second kappa shape index (κ2) is 7.15. The third-order valence-electron chi connectivity index (χ3n) is 4.01. The molecule has 3 rings (SSSR count). The number of ether oxygens (including phenoxy) is 2. The molecule has 0 amide bonds. The van der Waals surface area contributed by atoms with Crippen LogP contribution in [0.15, 0.2) is 23.3 Å². The van der Waals surface area contributed by atoms with Gasteiger partial charge in [0.1, 0.15) is 11.6 Å². The van der Waals surface area contributed by atoms with E-state index >= 15 is 0 Å². The van der Waals surface area contributed by atoms with Gasteiger partial charge in [0.15, 0.2) is 5.96 Å². The zero-order valence-electron chi connectivity index (χ0n) is 12.6. The predicted octanol–water partition coefficient (Wildman–Crippen LogP) is 1.60. The van der Waals surface area contributed by atoms with Crippen LogP contribution in [0.25, 0.3) is 0 Å². The van der Waals surface area contributed by atoms with Crippen LogP contribution in [0.4, 0.5) is 0 Å². The van der Waals surface area contributed by atoms with Gasteiger partial charge in [-0.05, 0) is 31.4 Å². The SMILES string of the molecule is CN=C(NCCOc1ncccc1Cl)NC1CC2CCC1O2. The van der Waals surface area contributed by atoms with Gasteiger partial charge in [-0.3, -0.25) is 4.99 Å². The first-order valence-corrected chi connectivity index (χ1v) is 8.00. The van der Waals surface area contributed by atoms with E-state index in [4.69, 9.17) is 21.1 Å². The molecule has 2 fully saturated rings. The van der Waals surface area contributed by atoms with Crippen LogP contribution in [0.2, 0.25) is 5.02 Å². The number of guanidine groups is 1. The average molecular weight is 325 g/mol. The number of aliphatic imine (C=N–C) groups is 1. The number of nitrogens with zero attached hydrogens (tertiary/aromatic N) is 2. The first kappa shape index (κ1) is 15.4. The molecule has 6 nitrogen and oxygen atoms in total. The zero-order chi connectivity index (χ0) is 15.4. The van der Waals surface area contributed by atoms with Crippen molar-refractivity contribution in [1.29, 1.82) is 0 Å². The van der Waals surface area contributed by atoms with Crippen molar-refractivity contribution in [3.8, 4) is 5.88 Å². The number of hydrogen-bond donors (Lipinski definition) is 2. The highest BCUT2D eigenvalue weighted by atomic mass is 35.5. The first-order chi connectivity index (χ1) is 10.8. The Bertz CT molecular complexity index is 540. The molecule has 0 aliphatic carbocycles. The van der Waals surface area contributed by atoms with Gasteiger partial charge in [0.05, 0.1) is 24.8 Å². The average Bonchev–Trinajstić information content (AvgIpc) is 3.14. The summed E-state index contributed by atoms with van der Waals surface area (Å²) in [7, 11) is 1.76. The monoisotopic (exact) mass is 324 g/mol. The third-order valence-corrected chi connectivity index (χ3v) is 4.30. The lowest BCUT2D eigenvalue weighted by Crippen LogP contribution is -2.48. The second-order valence-electron chi connectivity index (χ2n) is 5.50. The number of aromatic nitrogens is 1. The number of hydrogen-bond acceptors (Lipinski definition) is 4. The fourth-order valence-corrected chi connectivity index (χ4v) is 3.13. The van der Waals surface area contributed by atoms with Crippen LogP contribution in [0.5, 0.6) is 5.88 Å². The van der Waals surface area contributed by atoms with E-state index < -0.39 is 0 Å². The molecular weight excluding hydrogens is 304 g/mol. The summed E-state index contributed by atoms with van der Waals surface area (Å²) in [6, 6.07) is 3.89. The number of rotatable bonds is 5. The number of pyridine rings is 1. The smallest absolute Gasteiger partial charge is 0.232 e. The van der Waals surface area contributed by atoms with E-state index in [1.165, 1.54) is 6.42 Å². The Labute approximate surface area is 135 Å². The fraction of sp³-hybridized carbons (Fsp3) is 0.600. The summed E-state index contributed by atoms with van der Waals surface area (Å²) in [6.07, 6.45) is 5.80. The van der Waals surface area contributed by atoms with Crippen LogP contribution in [-0.2, 0) is 4.74 Å². The van der Waals surface area contributed by atoms with Gasteiger partial charge in [-0.1, -0.05) is 11.6 Å².